The Morgan fingerprint density at radius 1 is 1.14 bits per heavy atom. The minimum atomic E-state index is -5.67. The van der Waals surface area contributed by atoms with Crippen LogP contribution in [0.25, 0.3) is 0 Å². The van der Waals surface area contributed by atoms with Gasteiger partial charge in [-0.3, -0.25) is 0 Å². The van der Waals surface area contributed by atoms with E-state index in [1.54, 1.807) is 0 Å². The molecule has 0 rings (SSSR count). The van der Waals surface area contributed by atoms with Gasteiger partial charge in [0.05, 0.1) is 0 Å². The molecule has 0 aliphatic heterocycles. The van der Waals surface area contributed by atoms with Crippen molar-refractivity contribution in [1.82, 2.24) is 0 Å². The summed E-state index contributed by atoms with van der Waals surface area (Å²) in [6.07, 6.45) is -2.57. The van der Waals surface area contributed by atoms with Crippen LogP contribution in [0.3, 0.4) is 0 Å². The van der Waals surface area contributed by atoms with Crippen molar-refractivity contribution in [3.63, 3.8) is 0 Å². The van der Waals surface area contributed by atoms with Crippen LogP contribution in [0.2, 0.25) is 0 Å². The topological polar surface area (TPSA) is 43.4 Å². The van der Waals surface area contributed by atoms with Crippen molar-refractivity contribution < 1.29 is 38.5 Å². The third-order valence-electron chi connectivity index (χ3n) is 0.455. The number of hydrogen-bond donors (Lipinski definition) is 0. The zero-order chi connectivity index (χ0) is 11.8. The molecule has 0 aromatic heterocycles. The second kappa shape index (κ2) is 7.47. The van der Waals surface area contributed by atoms with Gasteiger partial charge >= 0.3 is 22.7 Å². The molecule has 0 radical (unpaired) electrons. The Balaban J connectivity index is 0. The monoisotopic (exact) mass is 246 g/mol. The van der Waals surface area contributed by atoms with Gasteiger partial charge in [-0.25, -0.2) is 4.39 Å². The van der Waals surface area contributed by atoms with Crippen LogP contribution in [0.1, 0.15) is 0 Å². The van der Waals surface area contributed by atoms with Crippen LogP contribution in [0.4, 0.5) is 25.3 Å². The highest BCUT2D eigenvalue weighted by Gasteiger charge is 2.04. The van der Waals surface area contributed by atoms with Gasteiger partial charge in [0, 0.05) is 0 Å². The molecule has 0 heterocycles. The van der Waals surface area contributed by atoms with E-state index >= 15 is 0 Å². The fourth-order valence-electron chi connectivity index (χ4n) is 0.183. The van der Waals surface area contributed by atoms with E-state index < -0.39 is 36.0 Å². The van der Waals surface area contributed by atoms with E-state index in [9.17, 15) is 25.3 Å². The summed E-state index contributed by atoms with van der Waals surface area (Å²) in [7, 11) is -5.67. The lowest BCUT2D eigenvalue weighted by molar-refractivity contribution is 0.108. The van der Waals surface area contributed by atoms with Crippen LogP contribution in [-0.4, -0.2) is 21.7 Å². The maximum Gasteiger partial charge on any atom is 0.476 e. The average Bonchev–Trinajstić information content (AvgIpc) is 1.96. The Kier molecular flexibility index (Phi) is 8.29. The van der Waals surface area contributed by atoms with Gasteiger partial charge in [-0.05, 0) is 0 Å². The van der Waals surface area contributed by atoms with Gasteiger partial charge in [-0.1, -0.05) is 7.77 Å². The van der Waals surface area contributed by atoms with Crippen molar-refractivity contribution in [3.05, 3.63) is 12.1 Å². The second-order valence-corrected chi connectivity index (χ2v) is 2.21. The summed E-state index contributed by atoms with van der Waals surface area (Å²) in [5.41, 5.74) is 0. The Hall–Kier alpha value is -0.930. The van der Waals surface area contributed by atoms with Crippen molar-refractivity contribution in [2.45, 2.75) is 0 Å². The van der Waals surface area contributed by atoms with Crippen molar-refractivity contribution in [3.8, 4) is 0 Å². The van der Waals surface area contributed by atoms with Crippen LogP contribution in [0, 0.1) is 0 Å². The first-order valence-electron chi connectivity index (χ1n) is 2.72. The molecular formula is C4H4F6O3S. The van der Waals surface area contributed by atoms with Gasteiger partial charge in [-0.2, -0.15) is 21.6 Å². The quantitative estimate of drug-likeness (QED) is 0.435. The summed E-state index contributed by atoms with van der Waals surface area (Å²) in [6.45, 7) is -1.66. The Morgan fingerprint density at radius 2 is 1.50 bits per heavy atom. The highest BCUT2D eigenvalue weighted by Crippen LogP contribution is 2.09. The first kappa shape index (κ1) is 15.5. The molecule has 10 heteroatoms. The SMILES string of the molecule is FCCOC(F)=C(F)F.O=S(=O)(F)F. The maximum absolute atomic E-state index is 11.5. The second-order valence-electron chi connectivity index (χ2n) is 1.45. The number of ether oxygens (including phenoxy) is 1. The molecule has 0 fully saturated rings. The Morgan fingerprint density at radius 3 is 1.71 bits per heavy atom. The summed E-state index contributed by atoms with van der Waals surface area (Å²) in [5, 5.41) is 0. The first-order chi connectivity index (χ1) is 6.18. The van der Waals surface area contributed by atoms with Crippen LogP contribution in [-0.2, 0) is 15.3 Å². The van der Waals surface area contributed by atoms with Crippen LogP contribution in [0.5, 0.6) is 0 Å². The highest BCUT2D eigenvalue weighted by atomic mass is 32.3. The minimum Gasteiger partial charge on any atom is -0.464 e. The smallest absolute Gasteiger partial charge is 0.464 e. The zero-order valence-corrected chi connectivity index (χ0v) is 7.13. The summed E-state index contributed by atoms with van der Waals surface area (Å²) >= 11 is 0. The van der Waals surface area contributed by atoms with Gasteiger partial charge in [0.25, 0.3) is 0 Å². The van der Waals surface area contributed by atoms with Crippen LogP contribution >= 0.6 is 0 Å². The number of halogens is 6. The highest BCUT2D eigenvalue weighted by molar-refractivity contribution is 7.81. The molecular weight excluding hydrogens is 242 g/mol. The molecule has 0 bridgehead atoms. The fraction of sp³-hybridized carbons (Fsp3) is 0.500. The van der Waals surface area contributed by atoms with E-state index in [2.05, 4.69) is 4.74 Å². The van der Waals surface area contributed by atoms with E-state index in [1.807, 2.05) is 0 Å². The molecule has 14 heavy (non-hydrogen) atoms. The van der Waals surface area contributed by atoms with Gasteiger partial charge in [0.1, 0.15) is 13.3 Å². The van der Waals surface area contributed by atoms with E-state index in [1.165, 1.54) is 0 Å². The van der Waals surface area contributed by atoms with Crippen molar-refractivity contribution in [1.29, 1.82) is 0 Å². The average molecular weight is 246 g/mol. The number of hydrogen-bond acceptors (Lipinski definition) is 3. The van der Waals surface area contributed by atoms with Gasteiger partial charge in [0.2, 0.25) is 0 Å². The summed E-state index contributed by atoms with van der Waals surface area (Å²) in [4.78, 5) is 0. The molecule has 86 valence electrons. The van der Waals surface area contributed by atoms with Crippen molar-refractivity contribution >= 4 is 10.6 Å². The molecule has 0 aliphatic carbocycles. The fourth-order valence-corrected chi connectivity index (χ4v) is 0.183. The van der Waals surface area contributed by atoms with Crippen LogP contribution in [0.15, 0.2) is 12.1 Å². The van der Waals surface area contributed by atoms with Crippen LogP contribution < -0.4 is 0 Å². The number of alkyl halides is 1. The molecule has 3 nitrogen and oxygen atoms in total. The molecule has 0 amide bonds. The third-order valence-corrected chi connectivity index (χ3v) is 0.455. The largest absolute Gasteiger partial charge is 0.476 e. The number of rotatable bonds is 3. The Bertz CT molecular complexity index is 261. The standard InChI is InChI=1S/C4H4F4O.F2O2S/c5-1-2-9-4(8)3(6)7;1-5(2,3)4/h1-2H2;. The van der Waals surface area contributed by atoms with Gasteiger partial charge in [-0.15, -0.1) is 0 Å². The predicted octanol–water partition coefficient (Wildman–Crippen LogP) is 2.18. The third kappa shape index (κ3) is 22.5. The molecule has 0 atom stereocenters. The van der Waals surface area contributed by atoms with E-state index in [0.717, 1.165) is 0 Å². The summed E-state index contributed by atoms with van der Waals surface area (Å²) in [5.74, 6) is 0. The predicted molar refractivity (Wildman–Crippen MR) is 33.4 cm³/mol. The first-order valence-corrected chi connectivity index (χ1v) is 4.00. The summed E-state index contributed by atoms with van der Waals surface area (Å²) in [6, 6.07) is -2.01. The molecule has 0 saturated heterocycles. The molecule has 0 aromatic rings. The molecule has 0 saturated carbocycles. The van der Waals surface area contributed by atoms with E-state index in [0.29, 0.717) is 0 Å². The lowest BCUT2D eigenvalue weighted by Crippen LogP contribution is -1.92. The maximum atomic E-state index is 11.5. The van der Waals surface area contributed by atoms with E-state index in [-0.39, 0.29) is 0 Å². The van der Waals surface area contributed by atoms with Gasteiger partial charge in [0.15, 0.2) is 0 Å². The molecule has 0 unspecified atom stereocenters. The lowest BCUT2D eigenvalue weighted by Gasteiger charge is -1.95. The molecule has 0 spiro atoms. The van der Waals surface area contributed by atoms with Crippen molar-refractivity contribution in [2.75, 3.05) is 13.3 Å². The summed E-state index contributed by atoms with van der Waals surface area (Å²) < 4.78 is 84.7. The van der Waals surface area contributed by atoms with Crippen molar-refractivity contribution in [2.24, 2.45) is 0 Å². The van der Waals surface area contributed by atoms with Gasteiger partial charge < -0.3 is 4.74 Å². The Labute approximate surface area is 75.5 Å². The minimum absolute atomic E-state index is 0.677. The molecule has 0 aromatic carbocycles. The lowest BCUT2D eigenvalue weighted by atomic mass is 10.8. The normalized spacial score (nSPS) is 9.86. The zero-order valence-electron chi connectivity index (χ0n) is 6.31. The van der Waals surface area contributed by atoms with E-state index in [4.69, 9.17) is 8.42 Å². The molecule has 0 N–H and O–H groups in total. The molecule has 0 aliphatic rings.